The summed E-state index contributed by atoms with van der Waals surface area (Å²) in [4.78, 5) is 93.3. The van der Waals surface area contributed by atoms with Crippen LogP contribution in [0.2, 0.25) is 0 Å². The fraction of sp³-hybridized carbons (Fsp3) is 0.417. The van der Waals surface area contributed by atoms with E-state index in [1.807, 2.05) is 66.7 Å². The highest BCUT2D eigenvalue weighted by atomic mass is 16.6. The van der Waals surface area contributed by atoms with Crippen molar-refractivity contribution in [2.45, 2.75) is 148 Å². The molecular weight excluding hydrogens is 967 g/mol. The number of carbonyl (C=O) groups excluding carboxylic acids is 7. The third-order valence-electron chi connectivity index (χ3n) is 12.1. The second-order valence-electron chi connectivity index (χ2n) is 22.0. The van der Waals surface area contributed by atoms with Crippen molar-refractivity contribution in [3.05, 3.63) is 143 Å². The Morgan fingerprint density at radius 2 is 1.08 bits per heavy atom. The first-order chi connectivity index (χ1) is 35.9. The molecule has 5 N–H and O–H groups in total. The van der Waals surface area contributed by atoms with Crippen molar-refractivity contribution >= 4 is 52.6 Å². The summed E-state index contributed by atoms with van der Waals surface area (Å²) >= 11 is 0. The van der Waals surface area contributed by atoms with E-state index >= 15 is 0 Å². The maximum Gasteiger partial charge on any atom is 0.407 e. The number of hydrogen-bond acceptors (Lipinski definition) is 11. The molecule has 0 unspecified atom stereocenters. The molecule has 0 bridgehead atoms. The summed E-state index contributed by atoms with van der Waals surface area (Å²) in [6, 6.07) is 32.5. The Balaban J connectivity index is 1.04. The zero-order valence-electron chi connectivity index (χ0n) is 45.1. The molecule has 16 heteroatoms. The van der Waals surface area contributed by atoms with Crippen molar-refractivity contribution in [1.82, 2.24) is 26.6 Å². The average molecular weight is 1040 g/mol. The number of benzene rings is 5. The third kappa shape index (κ3) is 17.7. The second-order valence-corrected chi connectivity index (χ2v) is 22.0. The minimum Gasteiger partial charge on any atom is -0.460 e. The van der Waals surface area contributed by atoms with Gasteiger partial charge in [-0.15, -0.1) is 0 Å². The summed E-state index contributed by atoms with van der Waals surface area (Å²) in [7, 11) is 0. The maximum atomic E-state index is 14.0. The largest absolute Gasteiger partial charge is 0.460 e. The van der Waals surface area contributed by atoms with Crippen molar-refractivity contribution in [1.29, 1.82) is 0 Å². The standard InChI is InChI=1S/C60H73N5O11/c1-58(2,3)74-51(66)32-31-49(55(70)76-60(7,8)9)65-56(71)64-48(54(69)75-59(4,5)6)24-16-17-33-61-53(68)50(35-39-27-28-40-18-10-11-19-42(40)34-39)63-52(67)41-29-25-38(26-30-41)36-62-57(72)73-37-47-45-22-14-12-20-43(45)44-21-13-15-23-46(44)47/h10-15,18-23,25-30,34,47-50H,16-17,24,31-33,35-37H2,1-9H3,(H,61,68)(H,62,72)(H,63,67)(H2,64,65,71)/t48-,49-,50-/m0/s1. The molecule has 0 saturated heterocycles. The predicted octanol–water partition coefficient (Wildman–Crippen LogP) is 9.35. The molecule has 0 spiro atoms. The van der Waals surface area contributed by atoms with Gasteiger partial charge in [0.2, 0.25) is 5.91 Å². The number of rotatable bonds is 21. The first-order valence-corrected chi connectivity index (χ1v) is 25.9. The van der Waals surface area contributed by atoms with E-state index in [0.29, 0.717) is 18.4 Å². The summed E-state index contributed by atoms with van der Waals surface area (Å²) in [5.41, 5.74) is 3.87. The molecule has 3 atom stereocenters. The van der Waals surface area contributed by atoms with Gasteiger partial charge < -0.3 is 45.5 Å². The van der Waals surface area contributed by atoms with E-state index in [4.69, 9.17) is 18.9 Å². The summed E-state index contributed by atoms with van der Waals surface area (Å²) in [5.74, 6) is -2.99. The normalized spacial score (nSPS) is 13.4. The van der Waals surface area contributed by atoms with Crippen LogP contribution in [0.25, 0.3) is 21.9 Å². The second kappa shape index (κ2) is 25.7. The van der Waals surface area contributed by atoms with Gasteiger partial charge in [0.1, 0.15) is 41.5 Å². The van der Waals surface area contributed by atoms with E-state index in [2.05, 4.69) is 50.8 Å². The maximum absolute atomic E-state index is 14.0. The molecule has 16 nitrogen and oxygen atoms in total. The van der Waals surface area contributed by atoms with Gasteiger partial charge in [0.25, 0.3) is 5.91 Å². The molecule has 0 aromatic heterocycles. The van der Waals surface area contributed by atoms with Crippen molar-refractivity contribution in [3.8, 4) is 11.1 Å². The summed E-state index contributed by atoms with van der Waals surface area (Å²) in [5, 5.41) is 15.9. The van der Waals surface area contributed by atoms with Crippen molar-refractivity contribution < 1.29 is 52.5 Å². The fourth-order valence-corrected chi connectivity index (χ4v) is 8.71. The Labute approximate surface area is 445 Å². The number of ether oxygens (including phenoxy) is 4. The first kappa shape index (κ1) is 57.5. The summed E-state index contributed by atoms with van der Waals surface area (Å²) < 4.78 is 22.2. The zero-order valence-corrected chi connectivity index (χ0v) is 45.1. The van der Waals surface area contributed by atoms with E-state index in [0.717, 1.165) is 44.2 Å². The number of fused-ring (bicyclic) bond motifs is 4. The quantitative estimate of drug-likeness (QED) is 0.0265. The van der Waals surface area contributed by atoms with Gasteiger partial charge in [-0.05, 0) is 144 Å². The number of alkyl carbamates (subject to hydrolysis) is 1. The number of unbranched alkanes of at least 4 members (excludes halogenated alkanes) is 1. The van der Waals surface area contributed by atoms with Crippen molar-refractivity contribution in [2.75, 3.05) is 13.2 Å². The molecule has 76 heavy (non-hydrogen) atoms. The van der Waals surface area contributed by atoms with Gasteiger partial charge in [-0.1, -0.05) is 103 Å². The molecule has 0 radical (unpaired) electrons. The molecule has 0 saturated carbocycles. The van der Waals surface area contributed by atoms with Gasteiger partial charge in [0.15, 0.2) is 0 Å². The number of amides is 5. The van der Waals surface area contributed by atoms with Crippen LogP contribution < -0.4 is 26.6 Å². The van der Waals surface area contributed by atoms with Gasteiger partial charge in [0, 0.05) is 37.4 Å². The number of carbonyl (C=O) groups is 7. The Kier molecular flexibility index (Phi) is 19.4. The summed E-state index contributed by atoms with van der Waals surface area (Å²) in [6.07, 6.45) is 0.168. The Bertz CT molecular complexity index is 2820. The molecule has 1 aliphatic carbocycles. The molecular formula is C60H73N5O11. The van der Waals surface area contributed by atoms with E-state index in [1.165, 1.54) is 0 Å². The van der Waals surface area contributed by atoms with Crippen LogP contribution in [-0.2, 0) is 51.1 Å². The third-order valence-corrected chi connectivity index (χ3v) is 12.1. The van der Waals surface area contributed by atoms with Gasteiger partial charge in [-0.25, -0.2) is 19.2 Å². The highest BCUT2D eigenvalue weighted by Crippen LogP contribution is 2.44. The average Bonchev–Trinajstić information content (AvgIpc) is 3.67. The number of esters is 3. The van der Waals surface area contributed by atoms with Crippen LogP contribution in [0.15, 0.2) is 115 Å². The lowest BCUT2D eigenvalue weighted by molar-refractivity contribution is -0.159. The smallest absolute Gasteiger partial charge is 0.407 e. The lowest BCUT2D eigenvalue weighted by Crippen LogP contribution is -2.53. The van der Waals surface area contributed by atoms with E-state index < -0.39 is 76.8 Å². The molecule has 1 aliphatic rings. The molecule has 6 rings (SSSR count). The van der Waals surface area contributed by atoms with E-state index in [1.54, 1.807) is 86.6 Å². The van der Waals surface area contributed by atoms with E-state index in [9.17, 15) is 33.6 Å². The van der Waals surface area contributed by atoms with Crippen molar-refractivity contribution in [2.24, 2.45) is 0 Å². The number of nitrogens with one attached hydrogen (secondary N) is 5. The fourth-order valence-electron chi connectivity index (χ4n) is 8.71. The number of hydrogen-bond donors (Lipinski definition) is 5. The summed E-state index contributed by atoms with van der Waals surface area (Å²) in [6.45, 7) is 15.8. The molecule has 5 aromatic rings. The SMILES string of the molecule is CC(C)(C)OC(=O)CC[C@H](NC(=O)N[C@@H](CCCCNC(=O)[C@H](Cc1ccc2ccccc2c1)NC(=O)c1ccc(CNC(=O)OCC2c3ccccc3-c3ccccc32)cc1)C(=O)OC(C)(C)C)C(=O)OC(C)(C)C. The van der Waals surface area contributed by atoms with Crippen LogP contribution in [0, 0.1) is 0 Å². The van der Waals surface area contributed by atoms with Crippen LogP contribution >= 0.6 is 0 Å². The van der Waals surface area contributed by atoms with Gasteiger partial charge >= 0.3 is 30.0 Å². The lowest BCUT2D eigenvalue weighted by Gasteiger charge is -2.27. The minimum atomic E-state index is -1.24. The van der Waals surface area contributed by atoms with Crippen molar-refractivity contribution in [3.63, 3.8) is 0 Å². The number of urea groups is 1. The van der Waals surface area contributed by atoms with Crippen LogP contribution in [0.4, 0.5) is 9.59 Å². The molecule has 5 amide bonds. The predicted molar refractivity (Wildman–Crippen MR) is 290 cm³/mol. The molecule has 404 valence electrons. The van der Waals surface area contributed by atoms with Gasteiger partial charge in [-0.2, -0.15) is 0 Å². The van der Waals surface area contributed by atoms with Gasteiger partial charge in [-0.3, -0.25) is 14.4 Å². The molecule has 0 fully saturated rings. The molecule has 0 aliphatic heterocycles. The molecule has 0 heterocycles. The van der Waals surface area contributed by atoms with Crippen LogP contribution in [-0.4, -0.2) is 89.9 Å². The van der Waals surface area contributed by atoms with Gasteiger partial charge in [0.05, 0.1) is 0 Å². The highest BCUT2D eigenvalue weighted by molar-refractivity contribution is 5.98. The first-order valence-electron chi connectivity index (χ1n) is 25.9. The Hall–Kier alpha value is -7.75. The van der Waals surface area contributed by atoms with Crippen LogP contribution in [0.1, 0.15) is 133 Å². The monoisotopic (exact) mass is 1040 g/mol. The minimum absolute atomic E-state index is 0.0723. The van der Waals surface area contributed by atoms with Crippen LogP contribution in [0.3, 0.4) is 0 Å². The Morgan fingerprint density at radius 3 is 1.67 bits per heavy atom. The van der Waals surface area contributed by atoms with E-state index in [-0.39, 0.29) is 51.3 Å². The highest BCUT2D eigenvalue weighted by Gasteiger charge is 2.33. The lowest BCUT2D eigenvalue weighted by atomic mass is 9.98. The van der Waals surface area contributed by atoms with Crippen LogP contribution in [0.5, 0.6) is 0 Å². The zero-order chi connectivity index (χ0) is 55.2. The Morgan fingerprint density at radius 1 is 0.539 bits per heavy atom. The topological polar surface area (TPSA) is 217 Å². The molecule has 5 aromatic carbocycles.